The Balaban J connectivity index is 3.03. The number of phenolic OH excluding ortho intramolecular Hbond substituents is 1. The van der Waals surface area contributed by atoms with Gasteiger partial charge in [0, 0.05) is 12.1 Å². The van der Waals surface area contributed by atoms with Gasteiger partial charge in [-0.05, 0) is 6.07 Å². The molecule has 0 spiro atoms. The Morgan fingerprint density at radius 2 is 2.31 bits per heavy atom. The molecule has 0 saturated carbocycles. The van der Waals surface area contributed by atoms with E-state index in [0.717, 1.165) is 18.2 Å². The van der Waals surface area contributed by atoms with E-state index in [4.69, 9.17) is 5.26 Å². The molecule has 0 heterocycles. The summed E-state index contributed by atoms with van der Waals surface area (Å²) in [5, 5.41) is 30.2. The highest BCUT2D eigenvalue weighted by Gasteiger charge is 2.15. The summed E-state index contributed by atoms with van der Waals surface area (Å²) in [6.45, 7) is -0.235. The van der Waals surface area contributed by atoms with Crippen LogP contribution < -0.4 is 5.32 Å². The van der Waals surface area contributed by atoms with Gasteiger partial charge in [-0.1, -0.05) is 0 Å². The fourth-order valence-electron chi connectivity index (χ4n) is 1.03. The van der Waals surface area contributed by atoms with E-state index < -0.39 is 10.8 Å². The number of hydrogen-bond acceptors (Lipinski definition) is 5. The lowest BCUT2D eigenvalue weighted by molar-refractivity contribution is -0.384. The van der Waals surface area contributed by atoms with Gasteiger partial charge in [-0.2, -0.15) is 5.26 Å². The van der Waals surface area contributed by atoms with Crippen molar-refractivity contribution in [2.75, 3.05) is 6.54 Å². The van der Waals surface area contributed by atoms with Crippen molar-refractivity contribution >= 4 is 11.6 Å². The maximum Gasteiger partial charge on any atom is 0.270 e. The van der Waals surface area contributed by atoms with Crippen LogP contribution in [-0.4, -0.2) is 22.5 Å². The van der Waals surface area contributed by atoms with Gasteiger partial charge >= 0.3 is 0 Å². The van der Waals surface area contributed by atoms with Gasteiger partial charge in [-0.3, -0.25) is 14.9 Å². The highest BCUT2D eigenvalue weighted by atomic mass is 16.6. The van der Waals surface area contributed by atoms with Crippen molar-refractivity contribution in [1.82, 2.24) is 5.32 Å². The lowest BCUT2D eigenvalue weighted by Crippen LogP contribution is -2.23. The second-order valence-electron chi connectivity index (χ2n) is 2.80. The summed E-state index contributed by atoms with van der Waals surface area (Å²) in [7, 11) is 0. The minimum Gasteiger partial charge on any atom is -0.507 e. The fourth-order valence-corrected chi connectivity index (χ4v) is 1.03. The number of benzene rings is 1. The molecule has 0 aliphatic heterocycles. The van der Waals surface area contributed by atoms with Gasteiger partial charge in [-0.15, -0.1) is 0 Å². The van der Waals surface area contributed by atoms with Crippen LogP contribution in [0.25, 0.3) is 0 Å². The third-order valence-electron chi connectivity index (χ3n) is 1.76. The molecule has 0 bridgehead atoms. The first-order chi connectivity index (χ1) is 7.56. The van der Waals surface area contributed by atoms with Crippen molar-refractivity contribution in [1.29, 1.82) is 5.26 Å². The lowest BCUT2D eigenvalue weighted by atomic mass is 10.1. The zero-order valence-corrected chi connectivity index (χ0v) is 8.01. The largest absolute Gasteiger partial charge is 0.507 e. The number of hydrogen-bond donors (Lipinski definition) is 2. The van der Waals surface area contributed by atoms with Gasteiger partial charge in [0.1, 0.15) is 12.3 Å². The summed E-state index contributed by atoms with van der Waals surface area (Å²) < 4.78 is 0. The van der Waals surface area contributed by atoms with Crippen molar-refractivity contribution in [2.45, 2.75) is 0 Å². The number of nitro groups is 1. The Hall–Kier alpha value is -2.62. The molecule has 2 N–H and O–H groups in total. The Bertz CT molecular complexity index is 478. The number of nitrogens with one attached hydrogen (secondary N) is 1. The highest BCUT2D eigenvalue weighted by Crippen LogP contribution is 2.22. The molecule has 1 rings (SSSR count). The molecule has 82 valence electrons. The van der Waals surface area contributed by atoms with Crippen LogP contribution in [0.5, 0.6) is 5.75 Å². The average Bonchev–Trinajstić information content (AvgIpc) is 2.26. The quantitative estimate of drug-likeness (QED) is 0.439. The van der Waals surface area contributed by atoms with E-state index in [0.29, 0.717) is 0 Å². The maximum absolute atomic E-state index is 11.4. The molecule has 1 aromatic carbocycles. The molecule has 0 aliphatic rings. The summed E-state index contributed by atoms with van der Waals surface area (Å²) in [6, 6.07) is 4.76. The van der Waals surface area contributed by atoms with E-state index in [1.165, 1.54) is 0 Å². The molecule has 0 fully saturated rings. The first kappa shape index (κ1) is 11.5. The molecular weight excluding hydrogens is 214 g/mol. The van der Waals surface area contributed by atoms with Gasteiger partial charge in [0.05, 0.1) is 16.6 Å². The Kier molecular flexibility index (Phi) is 3.40. The van der Waals surface area contributed by atoms with E-state index in [1.54, 1.807) is 6.07 Å². The summed E-state index contributed by atoms with van der Waals surface area (Å²) in [5.41, 5.74) is -0.538. The van der Waals surface area contributed by atoms with Gasteiger partial charge in [0.15, 0.2) is 0 Å². The van der Waals surface area contributed by atoms with Crippen LogP contribution in [0.3, 0.4) is 0 Å². The summed E-state index contributed by atoms with van der Waals surface area (Å²) in [5.74, 6) is -1.11. The topological polar surface area (TPSA) is 116 Å². The smallest absolute Gasteiger partial charge is 0.270 e. The van der Waals surface area contributed by atoms with Crippen LogP contribution in [0, 0.1) is 21.4 Å². The zero-order chi connectivity index (χ0) is 12.1. The number of aromatic hydroxyl groups is 1. The van der Waals surface area contributed by atoms with Crippen molar-refractivity contribution in [3.63, 3.8) is 0 Å². The standard InChI is InChI=1S/C9H7N3O4/c10-3-4-11-9(14)7-5-6(12(15)16)1-2-8(7)13/h1-2,5,13H,4H2,(H,11,14). The third-order valence-corrected chi connectivity index (χ3v) is 1.76. The number of phenols is 1. The first-order valence-corrected chi connectivity index (χ1v) is 4.19. The molecule has 0 saturated heterocycles. The lowest BCUT2D eigenvalue weighted by Gasteiger charge is -2.03. The van der Waals surface area contributed by atoms with Crippen LogP contribution >= 0.6 is 0 Å². The minimum absolute atomic E-state index is 0.232. The maximum atomic E-state index is 11.4. The Morgan fingerprint density at radius 3 is 2.88 bits per heavy atom. The van der Waals surface area contributed by atoms with Crippen LogP contribution in [-0.2, 0) is 0 Å². The van der Waals surface area contributed by atoms with Gasteiger partial charge in [0.25, 0.3) is 11.6 Å². The molecule has 1 aromatic rings. The molecule has 16 heavy (non-hydrogen) atoms. The molecule has 0 aromatic heterocycles. The molecule has 0 aliphatic carbocycles. The normalized spacial score (nSPS) is 9.19. The van der Waals surface area contributed by atoms with E-state index in [9.17, 15) is 20.0 Å². The molecule has 0 atom stereocenters. The SMILES string of the molecule is N#CCNC(=O)c1cc([N+](=O)[O-])ccc1O. The van der Waals surface area contributed by atoms with Crippen LogP contribution in [0.15, 0.2) is 18.2 Å². The van der Waals surface area contributed by atoms with Crippen molar-refractivity contribution < 1.29 is 14.8 Å². The summed E-state index contributed by atoms with van der Waals surface area (Å²) in [6.07, 6.45) is 0. The average molecular weight is 221 g/mol. The van der Waals surface area contributed by atoms with Crippen molar-refractivity contribution in [2.24, 2.45) is 0 Å². The monoisotopic (exact) mass is 221 g/mol. The highest BCUT2D eigenvalue weighted by molar-refractivity contribution is 5.97. The van der Waals surface area contributed by atoms with Gasteiger partial charge < -0.3 is 10.4 Å². The van der Waals surface area contributed by atoms with Gasteiger partial charge in [-0.25, -0.2) is 0 Å². The number of nitriles is 1. The second-order valence-corrected chi connectivity index (χ2v) is 2.80. The van der Waals surface area contributed by atoms with E-state index in [2.05, 4.69) is 5.32 Å². The predicted molar refractivity (Wildman–Crippen MR) is 52.7 cm³/mol. The van der Waals surface area contributed by atoms with Crippen LogP contribution in [0.1, 0.15) is 10.4 Å². The number of nitrogens with zero attached hydrogens (tertiary/aromatic N) is 2. The number of amides is 1. The first-order valence-electron chi connectivity index (χ1n) is 4.19. The van der Waals surface area contributed by atoms with E-state index in [1.807, 2.05) is 0 Å². The summed E-state index contributed by atoms with van der Waals surface area (Å²) in [4.78, 5) is 21.1. The predicted octanol–water partition coefficient (Wildman–Crippen LogP) is 0.554. The Labute approximate surface area is 90.1 Å². The fraction of sp³-hybridized carbons (Fsp3) is 0.111. The number of non-ortho nitro benzene ring substituents is 1. The molecule has 7 heteroatoms. The van der Waals surface area contributed by atoms with Crippen LogP contribution in [0.4, 0.5) is 5.69 Å². The second kappa shape index (κ2) is 4.75. The molecular formula is C9H7N3O4. The van der Waals surface area contributed by atoms with Gasteiger partial charge in [0.2, 0.25) is 0 Å². The van der Waals surface area contributed by atoms with Crippen LogP contribution in [0.2, 0.25) is 0 Å². The molecule has 0 unspecified atom stereocenters. The van der Waals surface area contributed by atoms with Crippen molar-refractivity contribution in [3.8, 4) is 11.8 Å². The van der Waals surface area contributed by atoms with Crippen molar-refractivity contribution in [3.05, 3.63) is 33.9 Å². The minimum atomic E-state index is -0.734. The zero-order valence-electron chi connectivity index (χ0n) is 8.01. The van der Waals surface area contributed by atoms with E-state index in [-0.39, 0.29) is 23.5 Å². The van der Waals surface area contributed by atoms with E-state index >= 15 is 0 Å². The number of carbonyl (C=O) groups excluding carboxylic acids is 1. The molecule has 7 nitrogen and oxygen atoms in total. The third kappa shape index (κ3) is 2.45. The number of carbonyl (C=O) groups is 1. The number of rotatable bonds is 3. The molecule has 1 amide bonds. The molecule has 0 radical (unpaired) electrons. The Morgan fingerprint density at radius 1 is 1.62 bits per heavy atom. The summed E-state index contributed by atoms with van der Waals surface area (Å²) >= 11 is 0. The number of nitro benzene ring substituents is 1.